The van der Waals surface area contributed by atoms with Gasteiger partial charge >= 0.3 is 0 Å². The highest BCUT2D eigenvalue weighted by atomic mass is 127. The van der Waals surface area contributed by atoms with E-state index in [2.05, 4.69) is 45.8 Å². The van der Waals surface area contributed by atoms with Crippen molar-refractivity contribution < 1.29 is 4.74 Å². The van der Waals surface area contributed by atoms with E-state index in [1.54, 1.807) is 7.11 Å². The lowest BCUT2D eigenvalue weighted by Crippen LogP contribution is -1.87. The zero-order valence-electron chi connectivity index (χ0n) is 7.52. The summed E-state index contributed by atoms with van der Waals surface area (Å²) >= 11 is 2.27. The third kappa shape index (κ3) is 1.41. The second-order valence-corrected chi connectivity index (χ2v) is 4.16. The lowest BCUT2D eigenvalue weighted by Gasteiger charge is -2.04. The van der Waals surface area contributed by atoms with Crippen LogP contribution in [0.25, 0.3) is 10.9 Å². The highest BCUT2D eigenvalue weighted by Gasteiger charge is 2.06. The van der Waals surface area contributed by atoms with Crippen molar-refractivity contribution in [1.29, 1.82) is 0 Å². The monoisotopic (exact) mass is 287 g/mol. The molecule has 0 amide bonds. The number of ether oxygens (including phenoxy) is 1. The molecule has 13 heavy (non-hydrogen) atoms. The van der Waals surface area contributed by atoms with Crippen LogP contribution in [0, 0.1) is 10.6 Å². The SMILES string of the molecule is COc1c(C)ccc2cc(I)[nH]c12. The third-order valence-electron chi connectivity index (χ3n) is 2.12. The fourth-order valence-electron chi connectivity index (χ4n) is 1.51. The van der Waals surface area contributed by atoms with Gasteiger partial charge in [-0.2, -0.15) is 0 Å². The number of aromatic nitrogens is 1. The number of hydrogen-bond acceptors (Lipinski definition) is 1. The molecule has 1 N–H and O–H groups in total. The fourth-order valence-corrected chi connectivity index (χ4v) is 2.11. The summed E-state index contributed by atoms with van der Waals surface area (Å²) in [6.07, 6.45) is 0. The van der Waals surface area contributed by atoms with Crippen molar-refractivity contribution >= 4 is 33.5 Å². The highest BCUT2D eigenvalue weighted by molar-refractivity contribution is 14.1. The van der Waals surface area contributed by atoms with Gasteiger partial charge < -0.3 is 9.72 Å². The summed E-state index contributed by atoms with van der Waals surface area (Å²) in [4.78, 5) is 3.28. The van der Waals surface area contributed by atoms with Gasteiger partial charge in [0.2, 0.25) is 0 Å². The summed E-state index contributed by atoms with van der Waals surface area (Å²) in [5, 5.41) is 1.20. The first-order chi connectivity index (χ1) is 6.22. The minimum Gasteiger partial charge on any atom is -0.494 e. The normalized spacial score (nSPS) is 10.7. The molecule has 0 bridgehead atoms. The van der Waals surface area contributed by atoms with Crippen LogP contribution in [0.3, 0.4) is 0 Å². The van der Waals surface area contributed by atoms with E-state index in [-0.39, 0.29) is 0 Å². The molecule has 1 aromatic heterocycles. The van der Waals surface area contributed by atoms with Crippen LogP contribution in [0.2, 0.25) is 0 Å². The van der Waals surface area contributed by atoms with Gasteiger partial charge in [0, 0.05) is 5.39 Å². The van der Waals surface area contributed by atoms with Crippen molar-refractivity contribution in [2.24, 2.45) is 0 Å². The third-order valence-corrected chi connectivity index (χ3v) is 2.70. The lowest BCUT2D eigenvalue weighted by molar-refractivity contribution is 0.416. The van der Waals surface area contributed by atoms with Crippen molar-refractivity contribution in [2.75, 3.05) is 7.11 Å². The van der Waals surface area contributed by atoms with E-state index in [1.165, 1.54) is 5.39 Å². The molecule has 0 radical (unpaired) electrons. The molecular weight excluding hydrogens is 277 g/mol. The minimum atomic E-state index is 0.945. The number of aromatic amines is 1. The quantitative estimate of drug-likeness (QED) is 0.801. The topological polar surface area (TPSA) is 25.0 Å². The van der Waals surface area contributed by atoms with Crippen LogP contribution >= 0.6 is 22.6 Å². The second kappa shape index (κ2) is 3.21. The summed E-state index contributed by atoms with van der Waals surface area (Å²) in [6.45, 7) is 2.05. The van der Waals surface area contributed by atoms with Gasteiger partial charge in [-0.25, -0.2) is 0 Å². The predicted octanol–water partition coefficient (Wildman–Crippen LogP) is 3.09. The Morgan fingerprint density at radius 1 is 1.38 bits per heavy atom. The molecule has 1 heterocycles. The first-order valence-corrected chi connectivity index (χ1v) is 5.12. The minimum absolute atomic E-state index is 0.945. The largest absolute Gasteiger partial charge is 0.494 e. The Morgan fingerprint density at radius 3 is 2.85 bits per heavy atom. The zero-order valence-corrected chi connectivity index (χ0v) is 9.68. The standard InChI is InChI=1S/C10H10INO/c1-6-3-4-7-5-8(11)12-9(7)10(6)13-2/h3-5,12H,1-2H3. The van der Waals surface area contributed by atoms with Gasteiger partial charge in [-0.1, -0.05) is 12.1 Å². The maximum atomic E-state index is 5.34. The predicted molar refractivity (Wildman–Crippen MR) is 62.3 cm³/mol. The molecule has 0 unspecified atom stereocenters. The number of benzene rings is 1. The van der Waals surface area contributed by atoms with Gasteiger partial charge in [0.1, 0.15) is 5.75 Å². The Labute approximate surface area is 90.4 Å². The van der Waals surface area contributed by atoms with Gasteiger partial charge in [0.05, 0.1) is 16.3 Å². The number of nitrogens with one attached hydrogen (secondary N) is 1. The maximum absolute atomic E-state index is 5.34. The first-order valence-electron chi connectivity index (χ1n) is 4.04. The van der Waals surface area contributed by atoms with E-state index in [1.807, 2.05) is 6.92 Å². The van der Waals surface area contributed by atoms with Crippen LogP contribution in [-0.4, -0.2) is 12.1 Å². The van der Waals surface area contributed by atoms with Crippen LogP contribution in [0.4, 0.5) is 0 Å². The Kier molecular flexibility index (Phi) is 2.19. The summed E-state index contributed by atoms with van der Waals surface area (Å²) in [6, 6.07) is 6.29. The Hall–Kier alpha value is -0.710. The first kappa shape index (κ1) is 8.87. The molecule has 0 aliphatic rings. The summed E-state index contributed by atoms with van der Waals surface area (Å²) in [5.74, 6) is 0.945. The number of hydrogen-bond donors (Lipinski definition) is 1. The van der Waals surface area contributed by atoms with Gasteiger partial charge in [-0.05, 0) is 41.1 Å². The van der Waals surface area contributed by atoms with Crippen LogP contribution in [-0.2, 0) is 0 Å². The lowest BCUT2D eigenvalue weighted by atomic mass is 10.1. The van der Waals surface area contributed by atoms with Gasteiger partial charge in [-0.15, -0.1) is 0 Å². The van der Waals surface area contributed by atoms with Crippen molar-refractivity contribution in [3.63, 3.8) is 0 Å². The summed E-state index contributed by atoms with van der Waals surface area (Å²) in [7, 11) is 1.70. The maximum Gasteiger partial charge on any atom is 0.145 e. The number of halogens is 1. The smallest absolute Gasteiger partial charge is 0.145 e. The van der Waals surface area contributed by atoms with E-state index >= 15 is 0 Å². The van der Waals surface area contributed by atoms with E-state index in [9.17, 15) is 0 Å². The summed E-state index contributed by atoms with van der Waals surface area (Å²) in [5.41, 5.74) is 2.25. The Morgan fingerprint density at radius 2 is 2.15 bits per heavy atom. The van der Waals surface area contributed by atoms with E-state index < -0.39 is 0 Å². The van der Waals surface area contributed by atoms with Crippen LogP contribution in [0.5, 0.6) is 5.75 Å². The molecule has 0 saturated carbocycles. The fraction of sp³-hybridized carbons (Fsp3) is 0.200. The van der Waals surface area contributed by atoms with E-state index in [0.29, 0.717) is 0 Å². The van der Waals surface area contributed by atoms with E-state index in [0.717, 1.165) is 20.5 Å². The molecule has 1 aromatic carbocycles. The molecular formula is C10H10INO. The van der Waals surface area contributed by atoms with E-state index in [4.69, 9.17) is 4.74 Å². The molecule has 0 spiro atoms. The number of rotatable bonds is 1. The van der Waals surface area contributed by atoms with Gasteiger partial charge in [-0.3, -0.25) is 0 Å². The van der Waals surface area contributed by atoms with Crippen LogP contribution in [0.1, 0.15) is 5.56 Å². The molecule has 0 saturated heterocycles. The highest BCUT2D eigenvalue weighted by Crippen LogP contribution is 2.29. The van der Waals surface area contributed by atoms with Gasteiger partial charge in [0.25, 0.3) is 0 Å². The molecule has 0 fully saturated rings. The van der Waals surface area contributed by atoms with Crippen molar-refractivity contribution in [3.8, 4) is 5.75 Å². The Balaban J connectivity index is 2.82. The number of H-pyrrole nitrogens is 1. The van der Waals surface area contributed by atoms with Gasteiger partial charge in [0.15, 0.2) is 0 Å². The van der Waals surface area contributed by atoms with Crippen molar-refractivity contribution in [2.45, 2.75) is 6.92 Å². The number of fused-ring (bicyclic) bond motifs is 1. The molecule has 2 aromatic rings. The van der Waals surface area contributed by atoms with Crippen LogP contribution < -0.4 is 4.74 Å². The Bertz CT molecular complexity index is 447. The second-order valence-electron chi connectivity index (χ2n) is 3.00. The number of aryl methyl sites for hydroxylation is 1. The average molecular weight is 287 g/mol. The molecule has 0 aliphatic carbocycles. The average Bonchev–Trinajstić information content (AvgIpc) is 2.45. The number of methoxy groups -OCH3 is 1. The van der Waals surface area contributed by atoms with Crippen molar-refractivity contribution in [3.05, 3.63) is 27.5 Å². The summed E-state index contributed by atoms with van der Waals surface area (Å²) < 4.78 is 6.47. The van der Waals surface area contributed by atoms with Crippen molar-refractivity contribution in [1.82, 2.24) is 4.98 Å². The molecule has 2 rings (SSSR count). The van der Waals surface area contributed by atoms with Crippen LogP contribution in [0.15, 0.2) is 18.2 Å². The molecule has 68 valence electrons. The molecule has 3 heteroatoms. The zero-order chi connectivity index (χ0) is 9.42. The molecule has 0 atom stereocenters. The molecule has 0 aliphatic heterocycles. The molecule has 2 nitrogen and oxygen atoms in total.